The van der Waals surface area contributed by atoms with Gasteiger partial charge in [-0.3, -0.25) is 66.6 Å². The number of imide groups is 1. The fourth-order valence-electron chi connectivity index (χ4n) is 10.6. The Morgan fingerprint density at radius 3 is 2.25 bits per heavy atom. The second kappa shape index (κ2) is 30.1. The summed E-state index contributed by atoms with van der Waals surface area (Å²) < 4.78 is 21.1. The molecule has 454 valence electrons. The second-order valence-electron chi connectivity index (χ2n) is 21.5. The van der Waals surface area contributed by atoms with E-state index < -0.39 is 193 Å². The molecule has 4 aliphatic rings. The Labute approximate surface area is 485 Å². The molecule has 26 nitrogen and oxygen atoms in total. The number of hydrogen-bond acceptors (Lipinski definition) is 18. The molecule has 0 radical (unpaired) electrons. The number of methoxy groups -OCH3 is 1. The number of benzene rings is 1. The highest BCUT2D eigenvalue weighted by molar-refractivity contribution is 7.98. The van der Waals surface area contributed by atoms with Crippen molar-refractivity contribution in [2.75, 3.05) is 51.4 Å². The number of aromatic amines is 1. The number of nitrogens with zero attached hydrogens (tertiary/aromatic N) is 2. The molecule has 4 aliphatic heterocycles. The van der Waals surface area contributed by atoms with Gasteiger partial charge in [0, 0.05) is 91.8 Å². The molecule has 1 unspecified atom stereocenters. The number of aliphatic hydroxyl groups excluding tert-OH is 3. The van der Waals surface area contributed by atoms with Crippen LogP contribution in [-0.2, 0) is 80.5 Å². The van der Waals surface area contributed by atoms with Crippen molar-refractivity contribution in [1.29, 1.82) is 0 Å². The van der Waals surface area contributed by atoms with Crippen LogP contribution in [-0.4, -0.2) is 193 Å². The Morgan fingerprint density at radius 2 is 1.58 bits per heavy atom. The number of unbranched alkanes of at least 4 members (excludes halogenated alkanes) is 1. The topological polar surface area (TPSA) is 400 Å². The van der Waals surface area contributed by atoms with Crippen molar-refractivity contribution in [2.45, 2.75) is 139 Å². The van der Waals surface area contributed by atoms with E-state index in [9.17, 15) is 72.9 Å². The standard InChI is InChI=1S/C55H75N9O17S2/c1-5-28(2)35-19-32(67)22-57-50(75)30-17-36-34-11-12-43(81-4)37(26-82-16-8-10-31(66)9-6-7-15-63-46(73)13-14-47(63)74)49(34)62-54(36)83(80)27-39(59-45(72)23-58-51(35)76)52(77)60-38(21-44(56)71)55(79)64-24-33(68)20-40(64)53(78)61-48(41(69)18-30)29(3)42(70)25-65/h11-14,28-30,33,35,38-40,42,48,62,65,68,70H,5-10,15-27H2,1-4H3,(H2,56,71)(H,57,75)(H,58,76)(H,59,72)(H,60,77)(H,61,78)/t28-,29-,30+,33+,35-,38-,39-,40-,42-,48-,83?/m0/s1. The van der Waals surface area contributed by atoms with Crippen molar-refractivity contribution in [3.8, 4) is 5.75 Å². The molecule has 2 bridgehead atoms. The number of aliphatic hydroxyl groups is 3. The highest BCUT2D eigenvalue weighted by Crippen LogP contribution is 2.37. The average molecular weight is 1200 g/mol. The Balaban J connectivity index is 1.45. The Hall–Kier alpha value is -6.88. The van der Waals surface area contributed by atoms with Crippen molar-refractivity contribution in [1.82, 2.24) is 41.4 Å². The summed E-state index contributed by atoms with van der Waals surface area (Å²) >= 11 is 1.43. The summed E-state index contributed by atoms with van der Waals surface area (Å²) in [4.78, 5) is 169. The van der Waals surface area contributed by atoms with E-state index in [1.165, 1.54) is 37.9 Å². The predicted molar refractivity (Wildman–Crippen MR) is 300 cm³/mol. The van der Waals surface area contributed by atoms with Gasteiger partial charge in [-0.25, -0.2) is 0 Å². The summed E-state index contributed by atoms with van der Waals surface area (Å²) in [7, 11) is -0.992. The number of H-pyrrole nitrogens is 1. The molecule has 6 rings (SSSR count). The highest BCUT2D eigenvalue weighted by atomic mass is 32.2. The molecule has 5 heterocycles. The second-order valence-corrected chi connectivity index (χ2v) is 24.0. The summed E-state index contributed by atoms with van der Waals surface area (Å²) in [5.74, 6) is -13.1. The predicted octanol–water partition coefficient (Wildman–Crippen LogP) is -1.76. The van der Waals surface area contributed by atoms with E-state index in [-0.39, 0.29) is 47.9 Å². The number of carbonyl (C=O) groups is 12. The van der Waals surface area contributed by atoms with Gasteiger partial charge >= 0.3 is 0 Å². The number of amides is 9. The maximum atomic E-state index is 15.3. The Morgan fingerprint density at radius 1 is 0.880 bits per heavy atom. The average Bonchev–Trinajstić information content (AvgIpc) is 3.48. The molecular formula is C55H75N9O17S2. The number of hydrogen-bond donors (Lipinski definition) is 10. The van der Waals surface area contributed by atoms with Gasteiger partial charge in [0.05, 0.1) is 73.5 Å². The third kappa shape index (κ3) is 16.9. The van der Waals surface area contributed by atoms with Gasteiger partial charge in [0.25, 0.3) is 11.8 Å². The Bertz CT molecular complexity index is 2880. The monoisotopic (exact) mass is 1200 g/mol. The molecule has 1 fully saturated rings. The molecule has 0 aliphatic carbocycles. The fraction of sp³-hybridized carbons (Fsp3) is 0.600. The van der Waals surface area contributed by atoms with E-state index >= 15 is 4.21 Å². The number of nitrogens with two attached hydrogens (primary N) is 1. The van der Waals surface area contributed by atoms with E-state index in [1.54, 1.807) is 26.0 Å². The molecule has 28 heteroatoms. The summed E-state index contributed by atoms with van der Waals surface area (Å²) in [6, 6.07) is -3.72. The normalized spacial score (nSPS) is 25.7. The quantitative estimate of drug-likeness (QED) is 0.0550. The zero-order valence-electron chi connectivity index (χ0n) is 46.9. The number of ketones is 3. The third-order valence-electron chi connectivity index (χ3n) is 15.6. The molecule has 83 heavy (non-hydrogen) atoms. The minimum absolute atomic E-state index is 0.00314. The van der Waals surface area contributed by atoms with Gasteiger partial charge in [-0.2, -0.15) is 11.8 Å². The number of primary amides is 1. The molecule has 9 amide bonds. The van der Waals surface area contributed by atoms with Gasteiger partial charge in [0.2, 0.25) is 41.4 Å². The number of nitrogens with one attached hydrogen (secondary N) is 6. The molecule has 1 aromatic carbocycles. The minimum Gasteiger partial charge on any atom is -0.496 e. The molecule has 11 atom stereocenters. The first kappa shape index (κ1) is 65.3. The van der Waals surface area contributed by atoms with Gasteiger partial charge in [0.15, 0.2) is 11.6 Å². The van der Waals surface area contributed by atoms with Crippen LogP contribution in [0.1, 0.15) is 96.1 Å². The zero-order chi connectivity index (χ0) is 60.8. The van der Waals surface area contributed by atoms with Crippen LogP contribution >= 0.6 is 11.8 Å². The number of rotatable bonds is 19. The number of thioether (sulfide) groups is 1. The van der Waals surface area contributed by atoms with Crippen molar-refractivity contribution in [3.05, 3.63) is 35.4 Å². The number of Topliss-reactive ketones (excluding diaryl/α,β-unsaturated/α-hetero) is 3. The van der Waals surface area contributed by atoms with Crippen LogP contribution in [0.5, 0.6) is 5.75 Å². The van der Waals surface area contributed by atoms with Crippen LogP contribution in [0, 0.1) is 23.7 Å². The van der Waals surface area contributed by atoms with Gasteiger partial charge in [-0.05, 0) is 55.1 Å². The van der Waals surface area contributed by atoms with Crippen molar-refractivity contribution in [3.63, 3.8) is 0 Å². The first-order valence-corrected chi connectivity index (χ1v) is 30.2. The molecule has 0 spiro atoms. The summed E-state index contributed by atoms with van der Waals surface area (Å²) in [6.07, 6.45) is -1.07. The van der Waals surface area contributed by atoms with Gasteiger partial charge < -0.3 is 62.3 Å². The summed E-state index contributed by atoms with van der Waals surface area (Å²) in [5.41, 5.74) is 6.64. The maximum absolute atomic E-state index is 15.3. The van der Waals surface area contributed by atoms with Gasteiger partial charge in [-0.1, -0.05) is 27.2 Å². The lowest BCUT2D eigenvalue weighted by molar-refractivity contribution is -0.144. The van der Waals surface area contributed by atoms with Crippen molar-refractivity contribution in [2.24, 2.45) is 29.4 Å². The first-order valence-electron chi connectivity index (χ1n) is 27.7. The van der Waals surface area contributed by atoms with Gasteiger partial charge in [0.1, 0.15) is 34.7 Å². The number of ether oxygens (including phenoxy) is 1. The third-order valence-corrected chi connectivity index (χ3v) is 18.1. The van der Waals surface area contributed by atoms with Crippen LogP contribution in [0.25, 0.3) is 10.9 Å². The van der Waals surface area contributed by atoms with Crippen LogP contribution in [0.2, 0.25) is 0 Å². The molecule has 0 saturated carbocycles. The van der Waals surface area contributed by atoms with Crippen LogP contribution in [0.15, 0.2) is 29.3 Å². The number of aromatic nitrogens is 1. The molecule has 11 N–H and O–H groups in total. The summed E-state index contributed by atoms with van der Waals surface area (Å²) in [6.45, 7) is 2.28. The fourth-order valence-corrected chi connectivity index (χ4v) is 13.0. The Kier molecular flexibility index (Phi) is 23.7. The van der Waals surface area contributed by atoms with E-state index in [1.807, 2.05) is 0 Å². The van der Waals surface area contributed by atoms with Crippen LogP contribution in [0.4, 0.5) is 0 Å². The number of carbonyl (C=O) groups excluding carboxylic acids is 12. The van der Waals surface area contributed by atoms with Crippen LogP contribution in [0.3, 0.4) is 0 Å². The molecule has 1 saturated heterocycles. The number of fused-ring (bicyclic) bond motifs is 5. The molecular weight excluding hydrogens is 1120 g/mol. The van der Waals surface area contributed by atoms with E-state index in [4.69, 9.17) is 10.5 Å². The zero-order valence-corrected chi connectivity index (χ0v) is 48.5. The van der Waals surface area contributed by atoms with E-state index in [0.717, 1.165) is 9.80 Å². The smallest absolute Gasteiger partial charge is 0.253 e. The maximum Gasteiger partial charge on any atom is 0.253 e. The van der Waals surface area contributed by atoms with E-state index in [0.29, 0.717) is 53.7 Å². The molecule has 1 aromatic heterocycles. The van der Waals surface area contributed by atoms with Gasteiger partial charge in [-0.15, -0.1) is 0 Å². The SMILES string of the molecule is CC[C@H](C)[C@@H]1CC(=O)CNC(=O)[C@H]2CC(=O)[C@H]([C@@H](C)[C@@H](O)CO)NC(=O)[C@@H]3C[C@@H](O)CN3C(=O)[C@H](CC(N)=O)NC(=O)[C@H](CS(=O)c3[nH]c4c(CSCCCC(=O)CCCCN5C(=O)C=CC5=O)c(OC)ccc4c3C2)NC(=O)CNC1=O. The largest absolute Gasteiger partial charge is 0.496 e. The van der Waals surface area contributed by atoms with Crippen molar-refractivity contribution < 1.29 is 81.8 Å². The minimum atomic E-state index is -2.42. The summed E-state index contributed by atoms with van der Waals surface area (Å²) in [5, 5.41) is 44.8. The van der Waals surface area contributed by atoms with Crippen LogP contribution < -0.4 is 37.1 Å². The van der Waals surface area contributed by atoms with E-state index in [2.05, 4.69) is 31.6 Å². The highest BCUT2D eigenvalue weighted by Gasteiger charge is 2.45. The lowest BCUT2D eigenvalue weighted by Gasteiger charge is -2.32. The lowest BCUT2D eigenvalue weighted by atomic mass is 9.85. The lowest BCUT2D eigenvalue weighted by Crippen LogP contribution is -2.60. The van der Waals surface area contributed by atoms with Crippen molar-refractivity contribution >= 4 is 104 Å². The molecule has 2 aromatic rings. The first-order chi connectivity index (χ1) is 39.5.